The standard InChI is InChI=1S/C55H94O6/c1-4-7-10-13-16-19-21-23-25-27-29-31-33-36-39-42-45-48-54(57)60-51-52(50-59-53(56)47-44-41-38-35-18-15-12-9-6-3)61-55(58)49-46-43-40-37-34-32-30-28-26-24-22-20-17-14-11-8-5-2/h9,12,16-20,23-26,35,52H,4-8,10-11,13-15,21-22,27-34,36-51H2,1-3H3/b12-9-,19-16-,20-17-,25-23-,26-24-,35-18-. The summed E-state index contributed by atoms with van der Waals surface area (Å²) in [6.45, 7) is 6.42. The van der Waals surface area contributed by atoms with Gasteiger partial charge in [0, 0.05) is 19.3 Å². The Hall–Kier alpha value is -3.15. The fourth-order valence-electron chi connectivity index (χ4n) is 6.83. The second-order valence-electron chi connectivity index (χ2n) is 16.7. The molecule has 0 saturated carbocycles. The zero-order valence-electron chi connectivity index (χ0n) is 39.9. The van der Waals surface area contributed by atoms with Gasteiger partial charge in [-0.1, -0.05) is 184 Å². The lowest BCUT2D eigenvalue weighted by atomic mass is 10.1. The number of carbonyl (C=O) groups is 3. The molecule has 0 amide bonds. The van der Waals surface area contributed by atoms with Gasteiger partial charge >= 0.3 is 17.9 Å². The van der Waals surface area contributed by atoms with Crippen LogP contribution in [0.2, 0.25) is 0 Å². The molecule has 0 fully saturated rings. The average molecular weight is 851 g/mol. The van der Waals surface area contributed by atoms with Crippen molar-refractivity contribution in [1.29, 1.82) is 0 Å². The quantitative estimate of drug-likeness (QED) is 0.0263. The molecule has 0 spiro atoms. The minimum Gasteiger partial charge on any atom is -0.462 e. The zero-order valence-corrected chi connectivity index (χ0v) is 39.9. The Balaban J connectivity index is 4.37. The fourth-order valence-corrected chi connectivity index (χ4v) is 6.83. The van der Waals surface area contributed by atoms with E-state index in [-0.39, 0.29) is 31.1 Å². The number of allylic oxidation sites excluding steroid dienone is 12. The molecule has 0 radical (unpaired) electrons. The summed E-state index contributed by atoms with van der Waals surface area (Å²) in [6.07, 6.45) is 61.8. The Kier molecular flexibility index (Phi) is 46.9. The van der Waals surface area contributed by atoms with Crippen molar-refractivity contribution in [2.75, 3.05) is 13.2 Å². The summed E-state index contributed by atoms with van der Waals surface area (Å²) in [5, 5.41) is 0. The molecule has 0 N–H and O–H groups in total. The zero-order chi connectivity index (χ0) is 44.4. The first-order valence-electron chi connectivity index (χ1n) is 25.4. The van der Waals surface area contributed by atoms with E-state index in [9.17, 15) is 14.4 Å². The smallest absolute Gasteiger partial charge is 0.306 e. The lowest BCUT2D eigenvalue weighted by Gasteiger charge is -2.18. The number of esters is 3. The van der Waals surface area contributed by atoms with E-state index in [4.69, 9.17) is 14.2 Å². The lowest BCUT2D eigenvalue weighted by Crippen LogP contribution is -2.30. The van der Waals surface area contributed by atoms with Crippen LogP contribution >= 0.6 is 0 Å². The van der Waals surface area contributed by atoms with Crippen LogP contribution in [-0.2, 0) is 28.6 Å². The van der Waals surface area contributed by atoms with Gasteiger partial charge in [0.1, 0.15) is 13.2 Å². The number of ether oxygens (including phenoxy) is 3. The van der Waals surface area contributed by atoms with Gasteiger partial charge in [0.2, 0.25) is 0 Å². The molecule has 350 valence electrons. The van der Waals surface area contributed by atoms with Gasteiger partial charge in [-0.05, 0) is 109 Å². The maximum atomic E-state index is 12.8. The van der Waals surface area contributed by atoms with Crippen LogP contribution in [-0.4, -0.2) is 37.2 Å². The van der Waals surface area contributed by atoms with Gasteiger partial charge in [-0.15, -0.1) is 0 Å². The highest BCUT2D eigenvalue weighted by atomic mass is 16.6. The largest absolute Gasteiger partial charge is 0.462 e. The summed E-state index contributed by atoms with van der Waals surface area (Å²) >= 11 is 0. The van der Waals surface area contributed by atoms with Gasteiger partial charge in [-0.2, -0.15) is 0 Å². The molecule has 0 aliphatic heterocycles. The van der Waals surface area contributed by atoms with Crippen molar-refractivity contribution in [2.45, 2.75) is 245 Å². The molecule has 0 aromatic heterocycles. The summed E-state index contributed by atoms with van der Waals surface area (Å²) in [7, 11) is 0. The number of unbranched alkanes of at least 4 members (excludes halogenated alkanes) is 22. The van der Waals surface area contributed by atoms with E-state index in [1.54, 1.807) is 0 Å². The van der Waals surface area contributed by atoms with E-state index < -0.39 is 6.10 Å². The van der Waals surface area contributed by atoms with E-state index in [2.05, 4.69) is 93.7 Å². The van der Waals surface area contributed by atoms with Gasteiger partial charge < -0.3 is 14.2 Å². The first-order chi connectivity index (χ1) is 30.0. The number of rotatable bonds is 45. The van der Waals surface area contributed by atoms with E-state index in [0.717, 1.165) is 96.3 Å². The summed E-state index contributed by atoms with van der Waals surface area (Å²) in [4.78, 5) is 37.9. The van der Waals surface area contributed by atoms with Crippen molar-refractivity contribution in [3.8, 4) is 0 Å². The predicted octanol–water partition coefficient (Wildman–Crippen LogP) is 16.6. The molecule has 1 atom stereocenters. The van der Waals surface area contributed by atoms with Crippen LogP contribution in [0.1, 0.15) is 239 Å². The molecule has 61 heavy (non-hydrogen) atoms. The van der Waals surface area contributed by atoms with Crippen LogP contribution in [0, 0.1) is 0 Å². The molecule has 1 unspecified atom stereocenters. The van der Waals surface area contributed by atoms with Gasteiger partial charge in [0.05, 0.1) is 0 Å². The molecule has 0 heterocycles. The summed E-state index contributed by atoms with van der Waals surface area (Å²) < 4.78 is 16.7. The van der Waals surface area contributed by atoms with Crippen molar-refractivity contribution >= 4 is 17.9 Å². The van der Waals surface area contributed by atoms with Crippen molar-refractivity contribution in [3.63, 3.8) is 0 Å². The third-order valence-electron chi connectivity index (χ3n) is 10.7. The Bertz CT molecular complexity index is 1160. The molecule has 0 aromatic carbocycles. The SMILES string of the molecule is CC/C=C\C/C=C\CCCCC(=O)OCC(COC(=O)CCCCCCCCC/C=C\C/C=C\CCCCC)OC(=O)CCCCCCCCC/C=C\C/C=C\CCCCC. The highest BCUT2D eigenvalue weighted by Gasteiger charge is 2.19. The van der Waals surface area contributed by atoms with Gasteiger partial charge in [0.15, 0.2) is 6.10 Å². The molecule has 0 aliphatic rings. The Morgan fingerprint density at radius 2 is 0.639 bits per heavy atom. The molecule has 6 nitrogen and oxygen atoms in total. The number of hydrogen-bond donors (Lipinski definition) is 0. The van der Waals surface area contributed by atoms with Crippen molar-refractivity contribution in [3.05, 3.63) is 72.9 Å². The normalized spacial score (nSPS) is 12.6. The van der Waals surface area contributed by atoms with E-state index in [0.29, 0.717) is 19.3 Å². The van der Waals surface area contributed by atoms with Gasteiger partial charge in [-0.3, -0.25) is 14.4 Å². The second-order valence-corrected chi connectivity index (χ2v) is 16.7. The minimum absolute atomic E-state index is 0.0935. The van der Waals surface area contributed by atoms with Gasteiger partial charge in [0.25, 0.3) is 0 Å². The van der Waals surface area contributed by atoms with Crippen LogP contribution < -0.4 is 0 Å². The summed E-state index contributed by atoms with van der Waals surface area (Å²) in [5.74, 6) is -0.947. The maximum Gasteiger partial charge on any atom is 0.306 e. The Morgan fingerprint density at radius 3 is 1.02 bits per heavy atom. The third-order valence-corrected chi connectivity index (χ3v) is 10.7. The Morgan fingerprint density at radius 1 is 0.344 bits per heavy atom. The molecular formula is C55H94O6. The van der Waals surface area contributed by atoms with E-state index in [1.165, 1.54) is 103 Å². The topological polar surface area (TPSA) is 78.9 Å². The van der Waals surface area contributed by atoms with Crippen molar-refractivity contribution in [1.82, 2.24) is 0 Å². The summed E-state index contributed by atoms with van der Waals surface area (Å²) in [5.41, 5.74) is 0. The number of hydrogen-bond acceptors (Lipinski definition) is 6. The molecule has 0 rings (SSSR count). The van der Waals surface area contributed by atoms with Crippen molar-refractivity contribution in [2.24, 2.45) is 0 Å². The highest BCUT2D eigenvalue weighted by molar-refractivity contribution is 5.71. The maximum absolute atomic E-state index is 12.8. The molecular weight excluding hydrogens is 757 g/mol. The molecule has 0 aliphatic carbocycles. The van der Waals surface area contributed by atoms with Crippen LogP contribution in [0.5, 0.6) is 0 Å². The number of carbonyl (C=O) groups excluding carboxylic acids is 3. The highest BCUT2D eigenvalue weighted by Crippen LogP contribution is 2.14. The predicted molar refractivity (Wildman–Crippen MR) is 261 cm³/mol. The van der Waals surface area contributed by atoms with Crippen LogP contribution in [0.4, 0.5) is 0 Å². The third kappa shape index (κ3) is 47.7. The van der Waals surface area contributed by atoms with E-state index in [1.807, 2.05) is 0 Å². The van der Waals surface area contributed by atoms with Crippen LogP contribution in [0.3, 0.4) is 0 Å². The van der Waals surface area contributed by atoms with Crippen LogP contribution in [0.25, 0.3) is 0 Å². The Labute approximate surface area is 376 Å². The monoisotopic (exact) mass is 851 g/mol. The van der Waals surface area contributed by atoms with Crippen molar-refractivity contribution < 1.29 is 28.6 Å². The average Bonchev–Trinajstić information content (AvgIpc) is 3.26. The lowest BCUT2D eigenvalue weighted by molar-refractivity contribution is -0.167. The molecule has 0 aromatic rings. The molecule has 0 bridgehead atoms. The summed E-state index contributed by atoms with van der Waals surface area (Å²) in [6, 6.07) is 0. The molecule has 0 saturated heterocycles. The van der Waals surface area contributed by atoms with E-state index >= 15 is 0 Å². The first kappa shape index (κ1) is 57.9. The molecule has 6 heteroatoms. The van der Waals surface area contributed by atoms with Crippen LogP contribution in [0.15, 0.2) is 72.9 Å². The van der Waals surface area contributed by atoms with Gasteiger partial charge in [-0.25, -0.2) is 0 Å². The minimum atomic E-state index is -0.794. The second kappa shape index (κ2) is 49.5. The first-order valence-corrected chi connectivity index (χ1v) is 25.4. The fraction of sp³-hybridized carbons (Fsp3) is 0.727.